The molecular weight excluding hydrogens is 171 g/mol. The van der Waals surface area contributed by atoms with Crippen molar-refractivity contribution in [1.82, 2.24) is 0 Å². The van der Waals surface area contributed by atoms with Gasteiger partial charge in [0.2, 0.25) is 0 Å². The largest absolute Gasteiger partial charge is 0.508 e. The van der Waals surface area contributed by atoms with Gasteiger partial charge in [0.05, 0.1) is 0 Å². The third-order valence-electron chi connectivity index (χ3n) is 1.94. The van der Waals surface area contributed by atoms with Crippen molar-refractivity contribution < 1.29 is 14.3 Å². The Kier molecular flexibility index (Phi) is 2.36. The Hall–Kier alpha value is -1.38. The summed E-state index contributed by atoms with van der Waals surface area (Å²) in [7, 11) is 0. The van der Waals surface area contributed by atoms with Gasteiger partial charge in [-0.05, 0) is 19.9 Å². The number of carbonyl (C=O) groups is 1. The van der Waals surface area contributed by atoms with Gasteiger partial charge in [-0.1, -0.05) is 6.07 Å². The molecule has 0 saturated carbocycles. The van der Waals surface area contributed by atoms with E-state index >= 15 is 0 Å². The van der Waals surface area contributed by atoms with Crippen LogP contribution in [0.25, 0.3) is 0 Å². The second kappa shape index (κ2) is 3.17. The summed E-state index contributed by atoms with van der Waals surface area (Å²) in [5.74, 6) is -0.694. The van der Waals surface area contributed by atoms with Crippen molar-refractivity contribution in [3.8, 4) is 5.75 Å². The van der Waals surface area contributed by atoms with Crippen molar-refractivity contribution in [2.45, 2.75) is 19.3 Å². The van der Waals surface area contributed by atoms with Crippen LogP contribution in [0.3, 0.4) is 0 Å². The number of benzene rings is 1. The van der Waals surface area contributed by atoms with E-state index in [4.69, 9.17) is 5.11 Å². The van der Waals surface area contributed by atoms with Gasteiger partial charge in [-0.2, -0.15) is 0 Å². The van der Waals surface area contributed by atoms with Crippen LogP contribution in [0.15, 0.2) is 18.2 Å². The van der Waals surface area contributed by atoms with E-state index in [1.807, 2.05) is 0 Å². The zero-order valence-electron chi connectivity index (χ0n) is 7.54. The lowest BCUT2D eigenvalue weighted by molar-refractivity contribution is -0.111. The van der Waals surface area contributed by atoms with Gasteiger partial charge in [-0.15, -0.1) is 0 Å². The lowest BCUT2D eigenvalue weighted by Crippen LogP contribution is -2.20. The molecular formula is C10H11FO2. The maximum Gasteiger partial charge on any atom is 0.131 e. The van der Waals surface area contributed by atoms with Crippen LogP contribution in [0.2, 0.25) is 0 Å². The maximum absolute atomic E-state index is 13.2. The number of carbonyl (C=O) groups excluding carboxylic acids is 1. The highest BCUT2D eigenvalue weighted by Crippen LogP contribution is 2.25. The first-order chi connectivity index (χ1) is 5.97. The molecule has 0 aromatic heterocycles. The van der Waals surface area contributed by atoms with Crippen LogP contribution >= 0.6 is 0 Å². The fourth-order valence-electron chi connectivity index (χ4n) is 1.09. The Bertz CT molecular complexity index is 332. The molecule has 1 aromatic carbocycles. The fraction of sp³-hybridized carbons (Fsp3) is 0.300. The van der Waals surface area contributed by atoms with Crippen LogP contribution in [0.5, 0.6) is 5.75 Å². The highest BCUT2D eigenvalue weighted by molar-refractivity contribution is 5.67. The number of hydrogen-bond donors (Lipinski definition) is 1. The first kappa shape index (κ1) is 9.71. The summed E-state index contributed by atoms with van der Waals surface area (Å²) < 4.78 is 13.2. The summed E-state index contributed by atoms with van der Waals surface area (Å²) in [6.45, 7) is 3.24. The van der Waals surface area contributed by atoms with E-state index in [0.717, 1.165) is 6.07 Å². The third kappa shape index (κ3) is 1.86. The highest BCUT2D eigenvalue weighted by atomic mass is 19.1. The predicted molar refractivity (Wildman–Crippen MR) is 47.2 cm³/mol. The van der Waals surface area contributed by atoms with Crippen molar-refractivity contribution in [3.05, 3.63) is 29.6 Å². The molecule has 0 aliphatic heterocycles. The van der Waals surface area contributed by atoms with Crippen LogP contribution in [0.1, 0.15) is 19.4 Å². The molecule has 0 aliphatic carbocycles. The van der Waals surface area contributed by atoms with E-state index in [0.29, 0.717) is 11.8 Å². The van der Waals surface area contributed by atoms with Gasteiger partial charge in [-0.3, -0.25) is 0 Å². The van der Waals surface area contributed by atoms with Gasteiger partial charge in [0, 0.05) is 17.0 Å². The average Bonchev–Trinajstić information content (AvgIpc) is 2.03. The van der Waals surface area contributed by atoms with Gasteiger partial charge in [-0.25, -0.2) is 4.39 Å². The number of rotatable bonds is 2. The smallest absolute Gasteiger partial charge is 0.131 e. The first-order valence-electron chi connectivity index (χ1n) is 3.93. The molecule has 13 heavy (non-hydrogen) atoms. The molecule has 0 heterocycles. The first-order valence-corrected chi connectivity index (χ1v) is 3.93. The SMILES string of the molecule is CC(C)(C=O)c1ccc(O)cc1F. The minimum atomic E-state index is -0.849. The quantitative estimate of drug-likeness (QED) is 0.710. The van der Waals surface area contributed by atoms with Crippen LogP contribution < -0.4 is 0 Å². The van der Waals surface area contributed by atoms with Crippen LogP contribution in [-0.4, -0.2) is 11.4 Å². The summed E-state index contributed by atoms with van der Waals surface area (Å²) in [6, 6.07) is 3.78. The molecule has 0 aliphatic rings. The number of halogens is 1. The number of aldehydes is 1. The number of phenols is 1. The summed E-state index contributed by atoms with van der Waals surface area (Å²) in [6.07, 6.45) is 0.683. The molecule has 2 nitrogen and oxygen atoms in total. The third-order valence-corrected chi connectivity index (χ3v) is 1.94. The van der Waals surface area contributed by atoms with Crippen molar-refractivity contribution in [2.75, 3.05) is 0 Å². The van der Waals surface area contributed by atoms with Gasteiger partial charge in [0.25, 0.3) is 0 Å². The Morgan fingerprint density at radius 3 is 2.54 bits per heavy atom. The van der Waals surface area contributed by atoms with Crippen molar-refractivity contribution in [3.63, 3.8) is 0 Å². The predicted octanol–water partition coefficient (Wildman–Crippen LogP) is 2.01. The van der Waals surface area contributed by atoms with Crippen molar-refractivity contribution >= 4 is 6.29 Å². The van der Waals surface area contributed by atoms with Crippen LogP contribution in [-0.2, 0) is 10.2 Å². The van der Waals surface area contributed by atoms with Gasteiger partial charge in [0.1, 0.15) is 17.9 Å². The molecule has 0 unspecified atom stereocenters. The van der Waals surface area contributed by atoms with Crippen LogP contribution in [0.4, 0.5) is 4.39 Å². The molecule has 0 fully saturated rings. The Labute approximate surface area is 76.0 Å². The Balaban J connectivity index is 3.23. The second-order valence-corrected chi connectivity index (χ2v) is 3.50. The zero-order valence-corrected chi connectivity index (χ0v) is 7.54. The fourth-order valence-corrected chi connectivity index (χ4v) is 1.09. The summed E-state index contributed by atoms with van der Waals surface area (Å²) in [4.78, 5) is 10.6. The maximum atomic E-state index is 13.2. The molecule has 0 spiro atoms. The van der Waals surface area contributed by atoms with E-state index in [1.165, 1.54) is 12.1 Å². The van der Waals surface area contributed by atoms with E-state index in [-0.39, 0.29) is 5.75 Å². The molecule has 0 atom stereocenters. The molecule has 0 bridgehead atoms. The lowest BCUT2D eigenvalue weighted by Gasteiger charge is -2.17. The van der Waals surface area contributed by atoms with E-state index in [2.05, 4.69) is 0 Å². The molecule has 1 aromatic rings. The van der Waals surface area contributed by atoms with Crippen LogP contribution in [0, 0.1) is 5.82 Å². The van der Waals surface area contributed by atoms with Crippen molar-refractivity contribution in [1.29, 1.82) is 0 Å². The summed E-state index contributed by atoms with van der Waals surface area (Å²) in [5.41, 5.74) is -0.557. The Morgan fingerprint density at radius 1 is 1.46 bits per heavy atom. The van der Waals surface area contributed by atoms with Gasteiger partial charge >= 0.3 is 0 Å². The molecule has 70 valence electrons. The lowest BCUT2D eigenvalue weighted by atomic mass is 9.86. The molecule has 0 amide bonds. The number of aromatic hydroxyl groups is 1. The second-order valence-electron chi connectivity index (χ2n) is 3.50. The molecule has 0 radical (unpaired) electrons. The van der Waals surface area contributed by atoms with Gasteiger partial charge < -0.3 is 9.90 Å². The minimum Gasteiger partial charge on any atom is -0.508 e. The molecule has 0 saturated heterocycles. The topological polar surface area (TPSA) is 37.3 Å². The Morgan fingerprint density at radius 2 is 2.08 bits per heavy atom. The van der Waals surface area contributed by atoms with E-state index < -0.39 is 11.2 Å². The summed E-state index contributed by atoms with van der Waals surface area (Å²) in [5, 5.41) is 8.95. The molecule has 1 rings (SSSR count). The van der Waals surface area contributed by atoms with Crippen molar-refractivity contribution in [2.24, 2.45) is 0 Å². The van der Waals surface area contributed by atoms with Gasteiger partial charge in [0.15, 0.2) is 0 Å². The standard InChI is InChI=1S/C10H11FO2/c1-10(2,6-12)8-4-3-7(13)5-9(8)11/h3-6,13H,1-2H3. The normalized spacial score (nSPS) is 11.3. The summed E-state index contributed by atoms with van der Waals surface area (Å²) >= 11 is 0. The monoisotopic (exact) mass is 182 g/mol. The molecule has 1 N–H and O–H groups in total. The zero-order chi connectivity index (χ0) is 10.1. The minimum absolute atomic E-state index is 0.136. The van der Waals surface area contributed by atoms with E-state index in [9.17, 15) is 9.18 Å². The highest BCUT2D eigenvalue weighted by Gasteiger charge is 2.23. The number of hydrogen-bond acceptors (Lipinski definition) is 2. The molecule has 3 heteroatoms. The number of phenolic OH excluding ortho intramolecular Hbond substituents is 1. The average molecular weight is 182 g/mol. The van der Waals surface area contributed by atoms with E-state index in [1.54, 1.807) is 13.8 Å².